The van der Waals surface area contributed by atoms with Gasteiger partial charge in [0.25, 0.3) is 5.91 Å². The van der Waals surface area contributed by atoms with Crippen molar-refractivity contribution in [1.29, 1.82) is 0 Å². The van der Waals surface area contributed by atoms with Crippen molar-refractivity contribution in [3.05, 3.63) is 64.1 Å². The first-order valence-corrected chi connectivity index (χ1v) is 7.23. The predicted molar refractivity (Wildman–Crippen MR) is 79.1 cm³/mol. The molecule has 1 saturated heterocycles. The Labute approximate surface area is 126 Å². The predicted octanol–water partition coefficient (Wildman–Crippen LogP) is 1.93. The summed E-state index contributed by atoms with van der Waals surface area (Å²) in [6, 6.07) is 7.34. The van der Waals surface area contributed by atoms with Gasteiger partial charge in [-0.25, -0.2) is 14.2 Å². The molecular weight excluding hydrogens is 285 g/mol. The summed E-state index contributed by atoms with van der Waals surface area (Å²) < 4.78 is 12.9. The molecule has 0 unspecified atom stereocenters. The van der Waals surface area contributed by atoms with Crippen molar-refractivity contribution in [2.24, 2.45) is 0 Å². The number of likely N-dealkylation sites (tertiary alicyclic amines) is 1. The van der Waals surface area contributed by atoms with E-state index in [-0.39, 0.29) is 23.3 Å². The van der Waals surface area contributed by atoms with E-state index in [4.69, 9.17) is 0 Å². The fraction of sp³-hybridized carbons (Fsp3) is 0.312. The van der Waals surface area contributed by atoms with Gasteiger partial charge in [0.05, 0.1) is 0 Å². The monoisotopic (exact) mass is 301 g/mol. The van der Waals surface area contributed by atoms with E-state index in [0.717, 1.165) is 18.5 Å². The number of H-pyrrole nitrogens is 1. The highest BCUT2D eigenvalue weighted by molar-refractivity contribution is 5.94. The first kappa shape index (κ1) is 14.4. The van der Waals surface area contributed by atoms with E-state index in [2.05, 4.69) is 9.97 Å². The Balaban J connectivity index is 1.76. The van der Waals surface area contributed by atoms with Gasteiger partial charge in [0, 0.05) is 36.5 Å². The van der Waals surface area contributed by atoms with E-state index in [9.17, 15) is 14.0 Å². The molecule has 1 aliphatic heterocycles. The fourth-order valence-corrected chi connectivity index (χ4v) is 2.81. The van der Waals surface area contributed by atoms with Crippen molar-refractivity contribution in [2.45, 2.75) is 18.8 Å². The van der Waals surface area contributed by atoms with Gasteiger partial charge < -0.3 is 9.88 Å². The molecule has 1 atom stereocenters. The molecule has 0 aliphatic carbocycles. The van der Waals surface area contributed by atoms with Crippen molar-refractivity contribution in [3.63, 3.8) is 0 Å². The van der Waals surface area contributed by atoms with Gasteiger partial charge >= 0.3 is 5.69 Å². The van der Waals surface area contributed by atoms with Gasteiger partial charge in [-0.2, -0.15) is 0 Å². The van der Waals surface area contributed by atoms with Gasteiger partial charge in [-0.1, -0.05) is 0 Å². The number of halogens is 1. The molecule has 1 N–H and O–H groups in total. The Hall–Kier alpha value is -2.50. The minimum atomic E-state index is -0.375. The van der Waals surface area contributed by atoms with Crippen molar-refractivity contribution in [2.75, 3.05) is 13.1 Å². The standard InChI is InChI=1S/C16H16FN3O2/c17-13-5-3-11(4-6-13)15(21)20-9-1-2-12(10-20)14-7-8-18-16(22)19-14/h3-8,12H,1-2,9-10H2,(H,18,19,22)/t12-/m1/s1. The summed E-state index contributed by atoms with van der Waals surface area (Å²) in [6.07, 6.45) is 3.25. The molecule has 1 aromatic heterocycles. The number of benzene rings is 1. The molecule has 114 valence electrons. The molecule has 1 aromatic carbocycles. The third-order valence-corrected chi connectivity index (χ3v) is 3.94. The number of hydrogen-bond acceptors (Lipinski definition) is 3. The topological polar surface area (TPSA) is 66.1 Å². The zero-order valence-corrected chi connectivity index (χ0v) is 12.0. The van der Waals surface area contributed by atoms with Crippen LogP contribution in [-0.4, -0.2) is 33.9 Å². The first-order valence-electron chi connectivity index (χ1n) is 7.23. The second-order valence-electron chi connectivity index (χ2n) is 5.43. The fourth-order valence-electron chi connectivity index (χ4n) is 2.81. The largest absolute Gasteiger partial charge is 0.345 e. The summed E-state index contributed by atoms with van der Waals surface area (Å²) in [7, 11) is 0. The minimum absolute atomic E-state index is 0.0915. The summed E-state index contributed by atoms with van der Waals surface area (Å²) in [4.78, 5) is 31.9. The number of aromatic nitrogens is 2. The molecule has 0 saturated carbocycles. The van der Waals surface area contributed by atoms with Crippen molar-refractivity contribution in [3.8, 4) is 0 Å². The summed E-state index contributed by atoms with van der Waals surface area (Å²) >= 11 is 0. The molecule has 3 rings (SSSR count). The van der Waals surface area contributed by atoms with Gasteiger partial charge in [0.15, 0.2) is 0 Å². The molecule has 1 amide bonds. The number of nitrogens with zero attached hydrogens (tertiary/aromatic N) is 2. The van der Waals surface area contributed by atoms with Gasteiger partial charge in [0.1, 0.15) is 5.82 Å². The Bertz CT molecular complexity index is 727. The third kappa shape index (κ3) is 3.05. The smallest absolute Gasteiger partial charge is 0.338 e. The number of carbonyl (C=O) groups excluding carboxylic acids is 1. The van der Waals surface area contributed by atoms with Crippen LogP contribution in [0.5, 0.6) is 0 Å². The zero-order chi connectivity index (χ0) is 15.5. The molecule has 1 fully saturated rings. The lowest BCUT2D eigenvalue weighted by molar-refractivity contribution is 0.0706. The van der Waals surface area contributed by atoms with Crippen LogP contribution in [0.2, 0.25) is 0 Å². The SMILES string of the molecule is O=C(c1ccc(F)cc1)N1CCC[C@@H](c2ccnc(=O)[nH]2)C1. The third-order valence-electron chi connectivity index (χ3n) is 3.94. The Morgan fingerprint density at radius 2 is 2.05 bits per heavy atom. The maximum Gasteiger partial charge on any atom is 0.345 e. The lowest BCUT2D eigenvalue weighted by atomic mass is 9.94. The number of aromatic amines is 1. The first-order chi connectivity index (χ1) is 10.6. The van der Waals surface area contributed by atoms with Gasteiger partial charge in [-0.15, -0.1) is 0 Å². The average Bonchev–Trinajstić information content (AvgIpc) is 2.55. The highest BCUT2D eigenvalue weighted by atomic mass is 19.1. The number of carbonyl (C=O) groups is 1. The van der Waals surface area contributed by atoms with Crippen LogP contribution in [0.3, 0.4) is 0 Å². The summed E-state index contributed by atoms with van der Waals surface area (Å²) in [5.41, 5.74) is 0.904. The molecule has 5 nitrogen and oxygen atoms in total. The van der Waals surface area contributed by atoms with E-state index >= 15 is 0 Å². The van der Waals surface area contributed by atoms with Gasteiger partial charge in [-0.05, 0) is 43.2 Å². The van der Waals surface area contributed by atoms with Gasteiger partial charge in [-0.3, -0.25) is 4.79 Å². The van der Waals surface area contributed by atoms with Crippen molar-refractivity contribution >= 4 is 5.91 Å². The molecule has 0 radical (unpaired) electrons. The Morgan fingerprint density at radius 1 is 1.27 bits per heavy atom. The lowest BCUT2D eigenvalue weighted by Crippen LogP contribution is -2.39. The van der Waals surface area contributed by atoms with E-state index < -0.39 is 0 Å². The van der Waals surface area contributed by atoms with Crippen LogP contribution in [0.1, 0.15) is 34.8 Å². The Morgan fingerprint density at radius 3 is 2.77 bits per heavy atom. The van der Waals surface area contributed by atoms with E-state index in [1.54, 1.807) is 11.0 Å². The van der Waals surface area contributed by atoms with E-state index in [0.29, 0.717) is 18.7 Å². The molecule has 0 bridgehead atoms. The lowest BCUT2D eigenvalue weighted by Gasteiger charge is -2.32. The van der Waals surface area contributed by atoms with E-state index in [1.165, 1.54) is 30.5 Å². The van der Waals surface area contributed by atoms with Crippen LogP contribution in [0.15, 0.2) is 41.3 Å². The Kier molecular flexibility index (Phi) is 4.00. The summed E-state index contributed by atoms with van der Waals surface area (Å²) in [5, 5.41) is 0. The highest BCUT2D eigenvalue weighted by Crippen LogP contribution is 2.25. The summed E-state index contributed by atoms with van der Waals surface area (Å²) in [5.74, 6) is -0.377. The number of amides is 1. The van der Waals surface area contributed by atoms with Crippen LogP contribution < -0.4 is 5.69 Å². The van der Waals surface area contributed by atoms with Crippen LogP contribution in [0.4, 0.5) is 4.39 Å². The molecule has 22 heavy (non-hydrogen) atoms. The quantitative estimate of drug-likeness (QED) is 0.921. The second-order valence-corrected chi connectivity index (χ2v) is 5.43. The molecule has 2 heterocycles. The maximum absolute atomic E-state index is 12.9. The van der Waals surface area contributed by atoms with Crippen LogP contribution in [0, 0.1) is 5.82 Å². The number of nitrogens with one attached hydrogen (secondary N) is 1. The normalized spacial score (nSPS) is 18.2. The minimum Gasteiger partial charge on any atom is -0.338 e. The van der Waals surface area contributed by atoms with Crippen LogP contribution in [0.25, 0.3) is 0 Å². The average molecular weight is 301 g/mol. The molecule has 1 aliphatic rings. The highest BCUT2D eigenvalue weighted by Gasteiger charge is 2.26. The molecule has 2 aromatic rings. The van der Waals surface area contributed by atoms with Crippen LogP contribution >= 0.6 is 0 Å². The summed E-state index contributed by atoms with van der Waals surface area (Å²) in [6.45, 7) is 1.21. The van der Waals surface area contributed by atoms with E-state index in [1.807, 2.05) is 0 Å². The maximum atomic E-state index is 12.9. The van der Waals surface area contributed by atoms with Gasteiger partial charge in [0.2, 0.25) is 0 Å². The molecule has 6 heteroatoms. The van der Waals surface area contributed by atoms with Crippen molar-refractivity contribution < 1.29 is 9.18 Å². The number of rotatable bonds is 2. The molecular formula is C16H16FN3O2. The number of piperidine rings is 1. The zero-order valence-electron chi connectivity index (χ0n) is 12.0. The van der Waals surface area contributed by atoms with Crippen LogP contribution in [-0.2, 0) is 0 Å². The number of hydrogen-bond donors (Lipinski definition) is 1. The molecule has 0 spiro atoms. The second kappa shape index (κ2) is 6.09. The van der Waals surface area contributed by atoms with Crippen molar-refractivity contribution in [1.82, 2.24) is 14.9 Å².